The van der Waals surface area contributed by atoms with E-state index in [2.05, 4.69) is 5.32 Å². The van der Waals surface area contributed by atoms with Crippen LogP contribution >= 0.6 is 0 Å². The summed E-state index contributed by atoms with van der Waals surface area (Å²) < 4.78 is 5.17. The molecule has 0 unspecified atom stereocenters. The van der Waals surface area contributed by atoms with E-state index in [9.17, 15) is 9.59 Å². The molecule has 1 saturated carbocycles. The van der Waals surface area contributed by atoms with Crippen molar-refractivity contribution in [1.29, 1.82) is 0 Å². The second kappa shape index (κ2) is 6.73. The molecule has 102 valence electrons. The summed E-state index contributed by atoms with van der Waals surface area (Å²) in [4.78, 5) is 25.4. The molecule has 5 nitrogen and oxygen atoms in total. The Morgan fingerprint density at radius 1 is 1.00 bits per heavy atom. The third-order valence-electron chi connectivity index (χ3n) is 3.68. The molecule has 0 aromatic rings. The first kappa shape index (κ1) is 13.3. The summed E-state index contributed by atoms with van der Waals surface area (Å²) in [6.45, 7) is 2.11. The molecule has 2 amide bonds. The van der Waals surface area contributed by atoms with Crippen molar-refractivity contribution in [2.24, 2.45) is 0 Å². The van der Waals surface area contributed by atoms with Gasteiger partial charge in [-0.2, -0.15) is 0 Å². The Kier molecular flexibility index (Phi) is 4.99. The molecule has 5 heteroatoms. The fourth-order valence-corrected chi connectivity index (χ4v) is 2.58. The highest BCUT2D eigenvalue weighted by Gasteiger charge is 2.25. The summed E-state index contributed by atoms with van der Waals surface area (Å²) >= 11 is 0. The van der Waals surface area contributed by atoms with E-state index in [1.807, 2.05) is 0 Å². The van der Waals surface area contributed by atoms with Gasteiger partial charge in [0, 0.05) is 19.1 Å². The average molecular weight is 254 g/mol. The molecule has 18 heavy (non-hydrogen) atoms. The highest BCUT2D eigenvalue weighted by molar-refractivity contribution is 6.35. The Balaban J connectivity index is 1.80. The van der Waals surface area contributed by atoms with Crippen molar-refractivity contribution in [3.63, 3.8) is 0 Å². The number of nitrogens with zero attached hydrogens (tertiary/aromatic N) is 1. The number of carbonyl (C=O) groups is 2. The summed E-state index contributed by atoms with van der Waals surface area (Å²) in [6.07, 6.45) is 6.78. The minimum Gasteiger partial charge on any atom is -0.378 e. The van der Waals surface area contributed by atoms with E-state index >= 15 is 0 Å². The van der Waals surface area contributed by atoms with E-state index in [1.165, 1.54) is 12.8 Å². The number of carbonyl (C=O) groups excluding carboxylic acids is 2. The van der Waals surface area contributed by atoms with Crippen molar-refractivity contribution in [1.82, 2.24) is 10.2 Å². The van der Waals surface area contributed by atoms with Crippen molar-refractivity contribution < 1.29 is 14.3 Å². The number of hydrogen-bond donors (Lipinski definition) is 1. The average Bonchev–Trinajstić information content (AvgIpc) is 2.67. The summed E-state index contributed by atoms with van der Waals surface area (Å²) in [6, 6.07) is 0.185. The molecule has 1 heterocycles. The predicted molar refractivity (Wildman–Crippen MR) is 67.0 cm³/mol. The fraction of sp³-hybridized carbons (Fsp3) is 0.846. The smallest absolute Gasteiger partial charge is 0.312 e. The van der Waals surface area contributed by atoms with Crippen LogP contribution in [0.1, 0.15) is 38.5 Å². The van der Waals surface area contributed by atoms with Crippen LogP contribution in [0.5, 0.6) is 0 Å². The van der Waals surface area contributed by atoms with E-state index in [-0.39, 0.29) is 6.04 Å². The summed E-state index contributed by atoms with van der Waals surface area (Å²) in [5.41, 5.74) is 0. The largest absolute Gasteiger partial charge is 0.378 e. The van der Waals surface area contributed by atoms with Gasteiger partial charge in [-0.3, -0.25) is 9.59 Å². The van der Waals surface area contributed by atoms with Crippen LogP contribution in [-0.4, -0.2) is 49.1 Å². The van der Waals surface area contributed by atoms with Crippen LogP contribution in [0, 0.1) is 0 Å². The molecule has 1 saturated heterocycles. The lowest BCUT2D eigenvalue weighted by Crippen LogP contribution is -2.49. The first-order chi connectivity index (χ1) is 8.77. The maximum absolute atomic E-state index is 11.9. The van der Waals surface area contributed by atoms with Crippen LogP contribution in [0.2, 0.25) is 0 Å². The zero-order valence-electron chi connectivity index (χ0n) is 10.8. The lowest BCUT2D eigenvalue weighted by Gasteiger charge is -2.27. The Morgan fingerprint density at radius 2 is 1.61 bits per heavy atom. The Bertz CT molecular complexity index is 293. The molecular weight excluding hydrogens is 232 g/mol. The van der Waals surface area contributed by atoms with Crippen molar-refractivity contribution in [2.45, 2.75) is 44.6 Å². The summed E-state index contributed by atoms with van der Waals surface area (Å²) in [5.74, 6) is -0.841. The van der Waals surface area contributed by atoms with Crippen molar-refractivity contribution >= 4 is 11.8 Å². The van der Waals surface area contributed by atoms with Crippen molar-refractivity contribution in [3.05, 3.63) is 0 Å². The highest BCUT2D eigenvalue weighted by Crippen LogP contribution is 2.17. The van der Waals surface area contributed by atoms with Crippen molar-refractivity contribution in [3.8, 4) is 0 Å². The maximum Gasteiger partial charge on any atom is 0.312 e. The third-order valence-corrected chi connectivity index (χ3v) is 3.68. The zero-order valence-corrected chi connectivity index (χ0v) is 10.8. The normalized spacial score (nSPS) is 22.3. The molecule has 2 fully saturated rings. The van der Waals surface area contributed by atoms with Crippen LogP contribution in [0.4, 0.5) is 0 Å². The first-order valence-corrected chi connectivity index (χ1v) is 6.95. The van der Waals surface area contributed by atoms with Gasteiger partial charge in [-0.05, 0) is 12.8 Å². The molecule has 0 bridgehead atoms. The SMILES string of the molecule is O=C(NC1CCCCCC1)C(=O)N1CCOCC1. The Morgan fingerprint density at radius 3 is 2.22 bits per heavy atom. The molecule has 0 spiro atoms. The monoisotopic (exact) mass is 254 g/mol. The van der Waals surface area contributed by atoms with Crippen molar-refractivity contribution in [2.75, 3.05) is 26.3 Å². The van der Waals surface area contributed by atoms with E-state index in [0.29, 0.717) is 26.3 Å². The number of nitrogens with one attached hydrogen (secondary N) is 1. The maximum atomic E-state index is 11.9. The van der Waals surface area contributed by atoms with Gasteiger partial charge in [-0.1, -0.05) is 25.7 Å². The fourth-order valence-electron chi connectivity index (χ4n) is 2.58. The van der Waals surface area contributed by atoms with E-state index < -0.39 is 11.8 Å². The molecule has 0 aromatic heterocycles. The summed E-state index contributed by atoms with van der Waals surface area (Å²) in [7, 11) is 0. The van der Waals surface area contributed by atoms with Gasteiger partial charge in [0.25, 0.3) is 0 Å². The van der Waals surface area contributed by atoms with Crippen LogP contribution in [-0.2, 0) is 14.3 Å². The van der Waals surface area contributed by atoms with E-state index in [0.717, 1.165) is 25.7 Å². The summed E-state index contributed by atoms with van der Waals surface area (Å²) in [5, 5.41) is 2.88. The van der Waals surface area contributed by atoms with Crippen LogP contribution < -0.4 is 5.32 Å². The molecule has 1 N–H and O–H groups in total. The molecule has 0 radical (unpaired) electrons. The Hall–Kier alpha value is -1.10. The van der Waals surface area contributed by atoms with Gasteiger partial charge < -0.3 is 15.0 Å². The van der Waals surface area contributed by atoms with Gasteiger partial charge >= 0.3 is 11.8 Å². The number of amides is 2. The standard InChI is InChI=1S/C13H22N2O3/c16-12(13(17)15-7-9-18-10-8-15)14-11-5-3-1-2-4-6-11/h11H,1-10H2,(H,14,16). The number of hydrogen-bond acceptors (Lipinski definition) is 3. The lowest BCUT2D eigenvalue weighted by atomic mass is 10.1. The van der Waals surface area contributed by atoms with Gasteiger partial charge in [-0.15, -0.1) is 0 Å². The number of rotatable bonds is 1. The molecule has 2 aliphatic rings. The van der Waals surface area contributed by atoms with E-state index in [4.69, 9.17) is 4.74 Å². The van der Waals surface area contributed by atoms with Crippen LogP contribution in [0.3, 0.4) is 0 Å². The molecule has 0 atom stereocenters. The molecule has 0 aromatic carbocycles. The topological polar surface area (TPSA) is 58.6 Å². The van der Waals surface area contributed by atoms with Crippen LogP contribution in [0.15, 0.2) is 0 Å². The van der Waals surface area contributed by atoms with Gasteiger partial charge in [0.05, 0.1) is 13.2 Å². The second-order valence-corrected chi connectivity index (χ2v) is 5.07. The van der Waals surface area contributed by atoms with Crippen LogP contribution in [0.25, 0.3) is 0 Å². The molecule has 1 aliphatic heterocycles. The minimum atomic E-state index is -0.441. The highest BCUT2D eigenvalue weighted by atomic mass is 16.5. The predicted octanol–water partition coefficient (Wildman–Crippen LogP) is 0.684. The zero-order chi connectivity index (χ0) is 12.8. The molecule has 2 rings (SSSR count). The first-order valence-electron chi connectivity index (χ1n) is 6.95. The number of ether oxygens (including phenoxy) is 1. The minimum absolute atomic E-state index is 0.185. The van der Waals surface area contributed by atoms with Gasteiger partial charge in [-0.25, -0.2) is 0 Å². The Labute approximate surface area is 108 Å². The number of morpholine rings is 1. The molecular formula is C13H22N2O3. The quantitative estimate of drug-likeness (QED) is 0.553. The third kappa shape index (κ3) is 3.70. The van der Waals surface area contributed by atoms with E-state index in [1.54, 1.807) is 4.90 Å². The van der Waals surface area contributed by atoms with Gasteiger partial charge in [0.15, 0.2) is 0 Å². The second-order valence-electron chi connectivity index (χ2n) is 5.07. The van der Waals surface area contributed by atoms with Gasteiger partial charge in [0.1, 0.15) is 0 Å². The molecule has 1 aliphatic carbocycles. The van der Waals surface area contributed by atoms with Gasteiger partial charge in [0.2, 0.25) is 0 Å². The lowest BCUT2D eigenvalue weighted by molar-refractivity contribution is -0.148.